The van der Waals surface area contributed by atoms with Gasteiger partial charge in [0.05, 0.1) is 11.1 Å². The molecule has 0 radical (unpaired) electrons. The van der Waals surface area contributed by atoms with Crippen molar-refractivity contribution in [2.45, 2.75) is 18.4 Å². The average molecular weight is 284 g/mol. The van der Waals surface area contributed by atoms with E-state index in [9.17, 15) is 0 Å². The Morgan fingerprint density at radius 2 is 2.00 bits per heavy atom. The van der Waals surface area contributed by atoms with E-state index in [4.69, 9.17) is 21.8 Å². The van der Waals surface area contributed by atoms with Crippen LogP contribution < -0.4 is 5.73 Å². The predicted octanol–water partition coefficient (Wildman–Crippen LogP) is 4.43. The van der Waals surface area contributed by atoms with Crippen LogP contribution in [0.15, 0.2) is 52.9 Å². The van der Waals surface area contributed by atoms with E-state index in [-0.39, 0.29) is 6.04 Å². The van der Waals surface area contributed by atoms with Crippen LogP contribution in [0.3, 0.4) is 0 Å². The van der Waals surface area contributed by atoms with Crippen LogP contribution in [0.5, 0.6) is 0 Å². The lowest BCUT2D eigenvalue weighted by molar-refractivity contribution is 0.417. The summed E-state index contributed by atoms with van der Waals surface area (Å²) in [5.74, 6) is 1.15. The number of rotatable bonds is 2. The van der Waals surface area contributed by atoms with Gasteiger partial charge in [0, 0.05) is 11.3 Å². The first-order chi connectivity index (χ1) is 9.74. The molecule has 0 saturated carbocycles. The maximum atomic E-state index is 6.39. The molecule has 0 saturated heterocycles. The first-order valence-corrected chi connectivity index (χ1v) is 7.13. The van der Waals surface area contributed by atoms with Crippen molar-refractivity contribution in [3.63, 3.8) is 0 Å². The molecule has 0 fully saturated rings. The third-order valence-corrected chi connectivity index (χ3v) is 4.47. The molecule has 2 atom stereocenters. The largest absolute Gasteiger partial charge is 0.458 e. The molecule has 1 aliphatic carbocycles. The van der Waals surface area contributed by atoms with E-state index in [0.29, 0.717) is 10.9 Å². The van der Waals surface area contributed by atoms with Crippen LogP contribution in [0.25, 0.3) is 11.0 Å². The van der Waals surface area contributed by atoms with Crippen LogP contribution in [0.1, 0.15) is 28.8 Å². The van der Waals surface area contributed by atoms with Gasteiger partial charge in [-0.3, -0.25) is 0 Å². The van der Waals surface area contributed by atoms with E-state index in [2.05, 4.69) is 24.3 Å². The summed E-state index contributed by atoms with van der Waals surface area (Å²) in [6, 6.07) is 16.1. The van der Waals surface area contributed by atoms with Crippen molar-refractivity contribution < 1.29 is 4.42 Å². The molecular weight excluding hydrogens is 270 g/mol. The zero-order chi connectivity index (χ0) is 13.7. The summed E-state index contributed by atoms with van der Waals surface area (Å²) >= 11 is 6.15. The minimum Gasteiger partial charge on any atom is -0.458 e. The summed E-state index contributed by atoms with van der Waals surface area (Å²) in [5, 5.41) is 1.64. The first-order valence-electron chi connectivity index (χ1n) is 6.75. The molecule has 1 aliphatic rings. The molecule has 4 rings (SSSR count). The van der Waals surface area contributed by atoms with Crippen molar-refractivity contribution in [3.8, 4) is 0 Å². The Bertz CT molecular complexity index is 793. The number of fused-ring (bicyclic) bond motifs is 2. The zero-order valence-corrected chi connectivity index (χ0v) is 11.6. The Morgan fingerprint density at radius 1 is 1.15 bits per heavy atom. The fourth-order valence-electron chi connectivity index (χ4n) is 3.03. The molecule has 3 aromatic rings. The molecule has 2 N–H and O–H groups in total. The molecule has 0 aliphatic heterocycles. The number of furan rings is 1. The standard InChI is InChI=1S/C17H14ClNO/c18-14-7-3-5-11-9-15(20-17(11)14)16(19)13-8-10-4-1-2-6-12(10)13/h1-7,9,13,16H,8,19H2. The molecule has 2 unspecified atom stereocenters. The second kappa shape index (κ2) is 4.37. The van der Waals surface area contributed by atoms with Gasteiger partial charge < -0.3 is 10.2 Å². The van der Waals surface area contributed by atoms with Crippen molar-refractivity contribution in [2.24, 2.45) is 5.73 Å². The minimum atomic E-state index is -0.117. The Hall–Kier alpha value is -1.77. The van der Waals surface area contributed by atoms with Crippen molar-refractivity contribution in [2.75, 3.05) is 0 Å². The summed E-state index contributed by atoms with van der Waals surface area (Å²) in [7, 11) is 0. The highest BCUT2D eigenvalue weighted by atomic mass is 35.5. The maximum Gasteiger partial charge on any atom is 0.152 e. The number of hydrogen-bond donors (Lipinski definition) is 1. The van der Waals surface area contributed by atoms with Gasteiger partial charge in [0.15, 0.2) is 5.58 Å². The summed E-state index contributed by atoms with van der Waals surface area (Å²) in [6.45, 7) is 0. The molecule has 100 valence electrons. The fraction of sp³-hybridized carbons (Fsp3) is 0.176. The molecule has 1 heterocycles. The number of para-hydroxylation sites is 1. The van der Waals surface area contributed by atoms with Gasteiger partial charge in [-0.25, -0.2) is 0 Å². The first kappa shape index (κ1) is 12.0. The highest BCUT2D eigenvalue weighted by molar-refractivity contribution is 6.34. The molecule has 2 aromatic carbocycles. The van der Waals surface area contributed by atoms with Gasteiger partial charge in [0.25, 0.3) is 0 Å². The van der Waals surface area contributed by atoms with E-state index >= 15 is 0 Å². The van der Waals surface area contributed by atoms with Crippen molar-refractivity contribution >= 4 is 22.6 Å². The Labute approximate surface area is 122 Å². The number of benzene rings is 2. The van der Waals surface area contributed by atoms with Crippen LogP contribution in [-0.2, 0) is 6.42 Å². The highest BCUT2D eigenvalue weighted by Gasteiger charge is 2.33. The van der Waals surface area contributed by atoms with Crippen LogP contribution in [0.4, 0.5) is 0 Å². The second-order valence-electron chi connectivity index (χ2n) is 5.34. The summed E-state index contributed by atoms with van der Waals surface area (Å²) in [4.78, 5) is 0. The molecule has 2 nitrogen and oxygen atoms in total. The lowest BCUT2D eigenvalue weighted by Gasteiger charge is -2.33. The van der Waals surface area contributed by atoms with Crippen molar-refractivity contribution in [3.05, 3.63) is 70.4 Å². The maximum absolute atomic E-state index is 6.39. The summed E-state index contributed by atoms with van der Waals surface area (Å²) in [5.41, 5.74) is 9.85. The quantitative estimate of drug-likeness (QED) is 0.756. The normalized spacial score (nSPS) is 18.6. The van der Waals surface area contributed by atoms with E-state index in [1.807, 2.05) is 24.3 Å². The van der Waals surface area contributed by atoms with Gasteiger partial charge in [-0.15, -0.1) is 0 Å². The monoisotopic (exact) mass is 283 g/mol. The second-order valence-corrected chi connectivity index (χ2v) is 5.75. The van der Waals surface area contributed by atoms with Gasteiger partial charge in [0.1, 0.15) is 5.76 Å². The average Bonchev–Trinajstić information content (AvgIpc) is 2.85. The smallest absolute Gasteiger partial charge is 0.152 e. The van der Waals surface area contributed by atoms with Crippen molar-refractivity contribution in [1.29, 1.82) is 0 Å². The van der Waals surface area contributed by atoms with E-state index in [1.165, 1.54) is 11.1 Å². The topological polar surface area (TPSA) is 39.2 Å². The lowest BCUT2D eigenvalue weighted by Crippen LogP contribution is -2.28. The van der Waals surface area contributed by atoms with E-state index in [0.717, 1.165) is 23.2 Å². The molecule has 20 heavy (non-hydrogen) atoms. The van der Waals surface area contributed by atoms with Gasteiger partial charge in [-0.2, -0.15) is 0 Å². The third-order valence-electron chi connectivity index (χ3n) is 4.17. The Kier molecular flexibility index (Phi) is 2.62. The fourth-order valence-corrected chi connectivity index (χ4v) is 3.25. The highest BCUT2D eigenvalue weighted by Crippen LogP contribution is 2.43. The van der Waals surface area contributed by atoms with E-state index < -0.39 is 0 Å². The van der Waals surface area contributed by atoms with Gasteiger partial charge in [0.2, 0.25) is 0 Å². The van der Waals surface area contributed by atoms with Gasteiger partial charge >= 0.3 is 0 Å². The Balaban J connectivity index is 1.72. The van der Waals surface area contributed by atoms with Crippen LogP contribution in [-0.4, -0.2) is 0 Å². The molecule has 0 spiro atoms. The third kappa shape index (κ3) is 1.69. The Morgan fingerprint density at radius 3 is 2.80 bits per heavy atom. The molecule has 3 heteroatoms. The molecular formula is C17H14ClNO. The zero-order valence-electron chi connectivity index (χ0n) is 10.8. The minimum absolute atomic E-state index is 0.117. The molecule has 1 aromatic heterocycles. The molecule has 0 amide bonds. The lowest BCUT2D eigenvalue weighted by atomic mass is 9.73. The van der Waals surface area contributed by atoms with Crippen LogP contribution >= 0.6 is 11.6 Å². The van der Waals surface area contributed by atoms with Gasteiger partial charge in [-0.05, 0) is 29.7 Å². The van der Waals surface area contributed by atoms with Crippen LogP contribution in [0.2, 0.25) is 5.02 Å². The number of hydrogen-bond acceptors (Lipinski definition) is 2. The van der Waals surface area contributed by atoms with Crippen molar-refractivity contribution in [1.82, 2.24) is 0 Å². The summed E-state index contributed by atoms with van der Waals surface area (Å²) < 4.78 is 5.88. The number of halogens is 1. The van der Waals surface area contributed by atoms with Gasteiger partial charge in [-0.1, -0.05) is 48.0 Å². The van der Waals surface area contributed by atoms with Crippen LogP contribution in [0, 0.1) is 0 Å². The summed E-state index contributed by atoms with van der Waals surface area (Å²) in [6.07, 6.45) is 1.02. The SMILES string of the molecule is NC(c1cc2cccc(Cl)c2o1)C1Cc2ccccc21. The molecule has 0 bridgehead atoms. The number of nitrogens with two attached hydrogens (primary N) is 1. The van der Waals surface area contributed by atoms with E-state index in [1.54, 1.807) is 0 Å². The predicted molar refractivity (Wildman–Crippen MR) is 81.0 cm³/mol.